The van der Waals surface area contributed by atoms with Crippen LogP contribution in [-0.2, 0) is 0 Å². The van der Waals surface area contributed by atoms with Crippen LogP contribution in [-0.4, -0.2) is 0 Å². The summed E-state index contributed by atoms with van der Waals surface area (Å²) in [4.78, 5) is 1.25. The van der Waals surface area contributed by atoms with Gasteiger partial charge in [-0.05, 0) is 101 Å². The van der Waals surface area contributed by atoms with Crippen LogP contribution in [0.3, 0.4) is 0 Å². The summed E-state index contributed by atoms with van der Waals surface area (Å²) in [6.45, 7) is 0. The van der Waals surface area contributed by atoms with Gasteiger partial charge >= 0.3 is 0 Å². The van der Waals surface area contributed by atoms with E-state index in [1.54, 1.807) is 18.2 Å². The third-order valence-electron chi connectivity index (χ3n) is 9.65. The molecule has 0 radical (unpaired) electrons. The van der Waals surface area contributed by atoms with Gasteiger partial charge in [0.2, 0.25) is 0 Å². The first-order valence-electron chi connectivity index (χ1n) is 23.7. The lowest BCUT2D eigenvalue weighted by Gasteiger charge is -2.28. The number of anilines is 3. The van der Waals surface area contributed by atoms with Gasteiger partial charge in [0.15, 0.2) is 0 Å². The molecular formula is C52H35N. The first-order valence-corrected chi connectivity index (χ1v) is 17.2. The molecule has 0 saturated heterocycles. The molecule has 53 heavy (non-hydrogen) atoms. The summed E-state index contributed by atoms with van der Waals surface area (Å²) in [6.07, 6.45) is 0. The van der Waals surface area contributed by atoms with Crippen LogP contribution in [0.5, 0.6) is 0 Å². The molecule has 0 N–H and O–H groups in total. The van der Waals surface area contributed by atoms with Gasteiger partial charge in [-0.2, -0.15) is 0 Å². The van der Waals surface area contributed by atoms with Crippen molar-refractivity contribution in [3.8, 4) is 33.4 Å². The summed E-state index contributed by atoms with van der Waals surface area (Å²) in [5, 5.41) is 6.13. The minimum atomic E-state index is -0.735. The third kappa shape index (κ3) is 5.34. The molecule has 0 saturated carbocycles. The number of nitrogens with zero attached hydrogens (tertiary/aromatic N) is 1. The Hall–Kier alpha value is -6.96. The highest BCUT2D eigenvalue weighted by Gasteiger charge is 2.20. The van der Waals surface area contributed by atoms with E-state index in [1.165, 1.54) is 4.90 Å². The zero-order valence-electron chi connectivity index (χ0n) is 41.1. The number of rotatable bonds is 6. The Balaban J connectivity index is 1.35. The maximum Gasteiger partial charge on any atom is 0.0645 e. The molecule has 10 aromatic carbocycles. The quantitative estimate of drug-likeness (QED) is 0.157. The Morgan fingerprint density at radius 2 is 0.755 bits per heavy atom. The molecule has 0 unspecified atom stereocenters. The maximum atomic E-state index is 9.96. The van der Waals surface area contributed by atoms with Crippen LogP contribution in [0.4, 0.5) is 17.1 Å². The molecule has 0 bridgehead atoms. The smallest absolute Gasteiger partial charge is 0.0645 e. The van der Waals surface area contributed by atoms with Gasteiger partial charge in [0, 0.05) is 16.8 Å². The third-order valence-corrected chi connectivity index (χ3v) is 9.65. The molecule has 0 aliphatic heterocycles. The molecule has 248 valence electrons. The Morgan fingerprint density at radius 1 is 0.321 bits per heavy atom. The van der Waals surface area contributed by atoms with Crippen LogP contribution in [0.2, 0.25) is 0 Å². The highest BCUT2D eigenvalue weighted by Crippen LogP contribution is 2.46. The van der Waals surface area contributed by atoms with Crippen LogP contribution >= 0.6 is 0 Å². The largest absolute Gasteiger partial charge is 0.310 e. The van der Waals surface area contributed by atoms with Gasteiger partial charge < -0.3 is 4.90 Å². The molecule has 10 aromatic rings. The fourth-order valence-corrected chi connectivity index (χ4v) is 7.34. The highest BCUT2D eigenvalue weighted by molar-refractivity contribution is 6.21. The molecule has 1 nitrogen and oxygen atoms in total. The number of benzene rings is 10. The van der Waals surface area contributed by atoms with E-state index in [9.17, 15) is 11.0 Å². The fourth-order valence-electron chi connectivity index (χ4n) is 7.34. The van der Waals surface area contributed by atoms with E-state index in [0.29, 0.717) is 27.3 Å². The van der Waals surface area contributed by atoms with Gasteiger partial charge in [-0.15, -0.1) is 0 Å². The van der Waals surface area contributed by atoms with Crippen molar-refractivity contribution in [3.63, 3.8) is 0 Å². The predicted molar refractivity (Wildman–Crippen MR) is 227 cm³/mol. The lowest BCUT2D eigenvalue weighted by atomic mass is 9.85. The van der Waals surface area contributed by atoms with Crippen LogP contribution < -0.4 is 4.90 Å². The number of hydrogen-bond donors (Lipinski definition) is 0. The molecule has 0 fully saturated rings. The van der Waals surface area contributed by atoms with E-state index >= 15 is 0 Å². The minimum absolute atomic E-state index is 0.0222. The van der Waals surface area contributed by atoms with Gasteiger partial charge in [0.25, 0.3) is 0 Å². The molecule has 0 spiro atoms. The van der Waals surface area contributed by atoms with Crippen LogP contribution in [0.1, 0.15) is 17.8 Å². The van der Waals surface area contributed by atoms with E-state index in [1.807, 2.05) is 115 Å². The predicted octanol–water partition coefficient (Wildman–Crippen LogP) is 14.8. The monoisotopic (exact) mass is 686 g/mol. The van der Waals surface area contributed by atoms with Crippen molar-refractivity contribution in [1.82, 2.24) is 0 Å². The molecule has 0 heterocycles. The number of fused-ring (bicyclic) bond motifs is 6. The van der Waals surface area contributed by atoms with Crippen LogP contribution in [0, 0.1) is 0 Å². The van der Waals surface area contributed by atoms with Gasteiger partial charge in [-0.1, -0.05) is 182 Å². The zero-order chi connectivity index (χ0) is 46.5. The first-order chi connectivity index (χ1) is 31.7. The maximum absolute atomic E-state index is 9.96. The summed E-state index contributed by atoms with van der Waals surface area (Å²) in [5.74, 6) is 0. The molecule has 0 aromatic heterocycles. The SMILES string of the molecule is [2H]c1c([2H])c([2H])c(-c2c([2H])c([2H])c(N(c3c([2H])c([2H])c(-c4c(-c5ccccc5)c5ccccc5c5ccccc45)c([2H])c3[2H])c3cc4ccccc4c4ccccc34)c([2H])c2[2H])c([2H])c1[2H]. The second-order valence-electron chi connectivity index (χ2n) is 12.7. The summed E-state index contributed by atoms with van der Waals surface area (Å²) in [5.41, 5.74) is 0.408. The van der Waals surface area contributed by atoms with Crippen molar-refractivity contribution in [3.05, 3.63) is 212 Å². The van der Waals surface area contributed by atoms with Crippen LogP contribution in [0.15, 0.2) is 212 Å². The van der Waals surface area contributed by atoms with Crippen molar-refractivity contribution in [2.45, 2.75) is 0 Å². The van der Waals surface area contributed by atoms with E-state index in [0.717, 1.165) is 32.5 Å². The molecule has 0 aliphatic rings. The molecule has 0 amide bonds. The van der Waals surface area contributed by atoms with Crippen molar-refractivity contribution in [1.29, 1.82) is 0 Å². The minimum Gasteiger partial charge on any atom is -0.310 e. The van der Waals surface area contributed by atoms with E-state index in [-0.39, 0.29) is 16.9 Å². The van der Waals surface area contributed by atoms with E-state index < -0.39 is 95.4 Å². The molecule has 10 rings (SSSR count). The Labute approximate surface area is 327 Å². The molecule has 1 heteroatoms. The van der Waals surface area contributed by atoms with Gasteiger partial charge in [-0.25, -0.2) is 0 Å². The normalized spacial score (nSPS) is 14.8. The standard InChI is InChI=1S/C52H35N/c1-3-15-36(16-4-1)37-27-31-41(32-28-37)53(50-35-40-19-7-8-20-43(40)44-21-9-12-24-47(44)50)42-33-29-39(30-34-42)52-49-26-14-11-23-46(49)45-22-10-13-25-48(45)51(52)38-17-5-2-6-18-38/h1-35H/i1D,3D,4D,15D,16D,27D,28D,29D,30D,31D,32D,33D,34D. The van der Waals surface area contributed by atoms with Crippen molar-refractivity contribution in [2.24, 2.45) is 0 Å². The topological polar surface area (TPSA) is 3.24 Å². The van der Waals surface area contributed by atoms with E-state index in [2.05, 4.69) is 0 Å². The average Bonchev–Trinajstić information content (AvgIpc) is 3.34. The molecule has 0 atom stereocenters. The van der Waals surface area contributed by atoms with Gasteiger partial charge in [-0.3, -0.25) is 0 Å². The Morgan fingerprint density at radius 3 is 1.36 bits per heavy atom. The molecule has 0 aliphatic carbocycles. The molecular weight excluding hydrogens is 639 g/mol. The lowest BCUT2D eigenvalue weighted by Crippen LogP contribution is -2.10. The Kier molecular flexibility index (Phi) is 4.94. The lowest BCUT2D eigenvalue weighted by molar-refractivity contribution is 1.30. The second kappa shape index (κ2) is 13.0. The average molecular weight is 687 g/mol. The fraction of sp³-hybridized carbons (Fsp3) is 0. The second-order valence-corrected chi connectivity index (χ2v) is 12.7. The van der Waals surface area contributed by atoms with Crippen molar-refractivity contribution in [2.75, 3.05) is 4.90 Å². The Bertz CT molecular complexity index is 3620. The summed E-state index contributed by atoms with van der Waals surface area (Å²) in [7, 11) is 0. The summed E-state index contributed by atoms with van der Waals surface area (Å²) in [6, 6.07) is 33.3. The van der Waals surface area contributed by atoms with Crippen molar-refractivity contribution >= 4 is 60.2 Å². The van der Waals surface area contributed by atoms with Gasteiger partial charge in [0.1, 0.15) is 0 Å². The zero-order valence-corrected chi connectivity index (χ0v) is 28.1. The van der Waals surface area contributed by atoms with E-state index in [4.69, 9.17) is 6.85 Å². The van der Waals surface area contributed by atoms with Crippen molar-refractivity contribution < 1.29 is 17.8 Å². The van der Waals surface area contributed by atoms with Gasteiger partial charge in [0.05, 0.1) is 23.5 Å². The first kappa shape index (κ1) is 20.2. The number of hydrogen-bond acceptors (Lipinski definition) is 1. The van der Waals surface area contributed by atoms with Crippen LogP contribution in [0.25, 0.3) is 76.5 Å². The summed E-state index contributed by atoms with van der Waals surface area (Å²) < 4.78 is 120. The highest BCUT2D eigenvalue weighted by atomic mass is 15.1. The summed E-state index contributed by atoms with van der Waals surface area (Å²) >= 11 is 0.